The third-order valence-corrected chi connectivity index (χ3v) is 4.40. The number of hydrogen-bond donors (Lipinski definition) is 2. The van der Waals surface area contributed by atoms with Crippen LogP contribution in [-0.2, 0) is 11.3 Å². The van der Waals surface area contributed by atoms with Gasteiger partial charge < -0.3 is 15.5 Å². The smallest absolute Gasteiger partial charge is 0.251 e. The number of carbonyl (C=O) groups excluding carboxylic acids is 2. The van der Waals surface area contributed by atoms with Gasteiger partial charge in [-0.05, 0) is 42.0 Å². The van der Waals surface area contributed by atoms with E-state index in [2.05, 4.69) is 10.6 Å². The van der Waals surface area contributed by atoms with E-state index in [0.29, 0.717) is 12.1 Å². The van der Waals surface area contributed by atoms with Crippen molar-refractivity contribution in [3.63, 3.8) is 0 Å². The van der Waals surface area contributed by atoms with Crippen LogP contribution in [0.25, 0.3) is 0 Å². The van der Waals surface area contributed by atoms with E-state index in [9.17, 15) is 9.59 Å². The van der Waals surface area contributed by atoms with E-state index >= 15 is 0 Å². The van der Waals surface area contributed by atoms with Gasteiger partial charge in [0.05, 0.1) is 6.54 Å². The maximum Gasteiger partial charge on any atom is 0.251 e. The van der Waals surface area contributed by atoms with E-state index in [1.165, 1.54) is 0 Å². The van der Waals surface area contributed by atoms with Crippen molar-refractivity contribution >= 4 is 23.2 Å². The Morgan fingerprint density at radius 1 is 0.821 bits per heavy atom. The Labute approximate surface area is 165 Å². The lowest BCUT2D eigenvalue weighted by Crippen LogP contribution is -2.32. The molecule has 0 aliphatic rings. The van der Waals surface area contributed by atoms with Gasteiger partial charge in [0, 0.05) is 30.5 Å². The van der Waals surface area contributed by atoms with Crippen LogP contribution in [0.15, 0.2) is 84.9 Å². The lowest BCUT2D eigenvalue weighted by Gasteiger charge is -2.18. The zero-order valence-corrected chi connectivity index (χ0v) is 15.8. The summed E-state index contributed by atoms with van der Waals surface area (Å²) in [7, 11) is 1.75. The van der Waals surface area contributed by atoms with Gasteiger partial charge in [0.1, 0.15) is 0 Å². The fraction of sp³-hybridized carbons (Fsp3) is 0.130. The van der Waals surface area contributed by atoms with Gasteiger partial charge in [-0.3, -0.25) is 9.59 Å². The Hall–Kier alpha value is -3.60. The van der Waals surface area contributed by atoms with Crippen LogP contribution in [0.4, 0.5) is 11.4 Å². The summed E-state index contributed by atoms with van der Waals surface area (Å²) in [5.41, 5.74) is 3.26. The maximum absolute atomic E-state index is 12.3. The number of amides is 2. The number of rotatable bonds is 7. The molecular weight excluding hydrogens is 350 g/mol. The molecule has 0 saturated heterocycles. The van der Waals surface area contributed by atoms with Gasteiger partial charge in [-0.2, -0.15) is 0 Å². The number of carbonyl (C=O) groups is 2. The van der Waals surface area contributed by atoms with Gasteiger partial charge in [-0.15, -0.1) is 0 Å². The third-order valence-electron chi connectivity index (χ3n) is 4.40. The first-order valence-electron chi connectivity index (χ1n) is 9.11. The Balaban J connectivity index is 1.50. The van der Waals surface area contributed by atoms with Crippen molar-refractivity contribution in [2.24, 2.45) is 0 Å². The predicted molar refractivity (Wildman–Crippen MR) is 112 cm³/mol. The summed E-state index contributed by atoms with van der Waals surface area (Å²) in [6.45, 7) is 0.658. The first-order chi connectivity index (χ1) is 13.6. The highest BCUT2D eigenvalue weighted by atomic mass is 16.2. The Bertz CT molecular complexity index is 910. The van der Waals surface area contributed by atoms with Crippen LogP contribution in [0, 0.1) is 0 Å². The number of nitrogens with one attached hydrogen (secondary N) is 2. The fourth-order valence-corrected chi connectivity index (χ4v) is 2.71. The second kappa shape index (κ2) is 9.37. The summed E-state index contributed by atoms with van der Waals surface area (Å²) >= 11 is 0. The van der Waals surface area contributed by atoms with Gasteiger partial charge in [0.2, 0.25) is 5.91 Å². The van der Waals surface area contributed by atoms with Crippen LogP contribution in [0.2, 0.25) is 0 Å². The zero-order chi connectivity index (χ0) is 19.8. The summed E-state index contributed by atoms with van der Waals surface area (Å²) in [5.74, 6) is -0.175. The molecule has 0 heterocycles. The Morgan fingerprint density at radius 2 is 1.43 bits per heavy atom. The summed E-state index contributed by atoms with van der Waals surface area (Å²) in [4.78, 5) is 26.2. The molecule has 0 fully saturated rings. The monoisotopic (exact) mass is 373 g/mol. The molecule has 3 aromatic carbocycles. The van der Waals surface area contributed by atoms with Crippen LogP contribution in [-0.4, -0.2) is 25.4 Å². The van der Waals surface area contributed by atoms with Crippen LogP contribution < -0.4 is 15.5 Å². The molecule has 3 rings (SSSR count). The number of hydrogen-bond acceptors (Lipinski definition) is 3. The molecule has 0 aromatic heterocycles. The molecule has 2 amide bonds. The Morgan fingerprint density at radius 3 is 2.07 bits per heavy atom. The number of likely N-dealkylation sites (N-methyl/N-ethyl adjacent to an activating group) is 1. The van der Waals surface area contributed by atoms with Gasteiger partial charge >= 0.3 is 0 Å². The van der Waals surface area contributed by atoms with Crippen molar-refractivity contribution in [2.45, 2.75) is 6.54 Å². The standard InChI is InChI=1S/C23H23N3O2/c1-26(21-10-6-3-7-11-21)22(27)17-24-20-14-12-19(13-15-20)23(28)25-16-18-8-4-2-5-9-18/h2-15,24H,16-17H2,1H3,(H,25,28). The van der Waals surface area contributed by atoms with E-state index in [4.69, 9.17) is 0 Å². The molecule has 5 heteroatoms. The molecule has 0 radical (unpaired) electrons. The molecule has 2 N–H and O–H groups in total. The molecule has 0 atom stereocenters. The van der Waals surface area contributed by atoms with Crippen molar-refractivity contribution in [3.05, 3.63) is 96.1 Å². The normalized spacial score (nSPS) is 10.2. The SMILES string of the molecule is CN(C(=O)CNc1ccc(C(=O)NCc2ccccc2)cc1)c1ccccc1. The average Bonchev–Trinajstić information content (AvgIpc) is 2.77. The van der Waals surface area contributed by atoms with Gasteiger partial charge in [0.25, 0.3) is 5.91 Å². The van der Waals surface area contributed by atoms with E-state index in [1.807, 2.05) is 60.7 Å². The molecule has 0 aliphatic carbocycles. The first kappa shape index (κ1) is 19.2. The second-order valence-corrected chi connectivity index (χ2v) is 6.39. The number of para-hydroxylation sites is 1. The highest BCUT2D eigenvalue weighted by Crippen LogP contribution is 2.13. The van der Waals surface area contributed by atoms with Crippen LogP contribution in [0.5, 0.6) is 0 Å². The van der Waals surface area contributed by atoms with Crippen molar-refractivity contribution in [3.8, 4) is 0 Å². The summed E-state index contributed by atoms with van der Waals surface area (Å²) in [6, 6.07) is 26.3. The number of nitrogens with zero attached hydrogens (tertiary/aromatic N) is 1. The van der Waals surface area contributed by atoms with E-state index in [-0.39, 0.29) is 18.4 Å². The lowest BCUT2D eigenvalue weighted by atomic mass is 10.1. The predicted octanol–water partition coefficient (Wildman–Crippen LogP) is 3.69. The van der Waals surface area contributed by atoms with E-state index in [1.54, 1.807) is 36.2 Å². The van der Waals surface area contributed by atoms with E-state index < -0.39 is 0 Å². The summed E-state index contributed by atoms with van der Waals surface area (Å²) < 4.78 is 0. The fourth-order valence-electron chi connectivity index (χ4n) is 2.71. The Kier molecular flexibility index (Phi) is 6.41. The number of anilines is 2. The second-order valence-electron chi connectivity index (χ2n) is 6.39. The average molecular weight is 373 g/mol. The van der Waals surface area contributed by atoms with E-state index in [0.717, 1.165) is 16.9 Å². The summed E-state index contributed by atoms with van der Waals surface area (Å²) in [6.07, 6.45) is 0. The molecule has 0 unspecified atom stereocenters. The molecule has 3 aromatic rings. The first-order valence-corrected chi connectivity index (χ1v) is 9.11. The highest BCUT2D eigenvalue weighted by Gasteiger charge is 2.10. The minimum Gasteiger partial charge on any atom is -0.376 e. The largest absolute Gasteiger partial charge is 0.376 e. The van der Waals surface area contributed by atoms with Gasteiger partial charge in [0.15, 0.2) is 0 Å². The molecule has 28 heavy (non-hydrogen) atoms. The molecule has 0 saturated carbocycles. The third kappa shape index (κ3) is 5.20. The van der Waals surface area contributed by atoms with Crippen molar-refractivity contribution in [1.82, 2.24) is 5.32 Å². The van der Waals surface area contributed by atoms with Crippen molar-refractivity contribution < 1.29 is 9.59 Å². The highest BCUT2D eigenvalue weighted by molar-refractivity contribution is 5.96. The quantitative estimate of drug-likeness (QED) is 0.664. The number of benzene rings is 3. The zero-order valence-electron chi connectivity index (χ0n) is 15.8. The minimum atomic E-state index is -0.129. The molecule has 0 aliphatic heterocycles. The molecule has 5 nitrogen and oxygen atoms in total. The van der Waals surface area contributed by atoms with Crippen molar-refractivity contribution in [2.75, 3.05) is 23.8 Å². The van der Waals surface area contributed by atoms with Gasteiger partial charge in [-0.1, -0.05) is 48.5 Å². The van der Waals surface area contributed by atoms with Crippen LogP contribution in [0.3, 0.4) is 0 Å². The van der Waals surface area contributed by atoms with Crippen LogP contribution in [0.1, 0.15) is 15.9 Å². The molecule has 142 valence electrons. The van der Waals surface area contributed by atoms with Crippen LogP contribution >= 0.6 is 0 Å². The minimum absolute atomic E-state index is 0.0455. The maximum atomic E-state index is 12.3. The van der Waals surface area contributed by atoms with Crippen molar-refractivity contribution in [1.29, 1.82) is 0 Å². The lowest BCUT2D eigenvalue weighted by molar-refractivity contribution is -0.116. The molecule has 0 spiro atoms. The molecular formula is C23H23N3O2. The van der Waals surface area contributed by atoms with Gasteiger partial charge in [-0.25, -0.2) is 0 Å². The molecule has 0 bridgehead atoms. The summed E-state index contributed by atoms with van der Waals surface area (Å²) in [5, 5.41) is 5.99. The topological polar surface area (TPSA) is 61.4 Å².